The number of piperidine rings is 1. The molecule has 1 saturated heterocycles. The van der Waals surface area contributed by atoms with Gasteiger partial charge in [-0.25, -0.2) is 0 Å². The van der Waals surface area contributed by atoms with Crippen LogP contribution in [-0.2, 0) is 9.53 Å². The van der Waals surface area contributed by atoms with Crippen molar-refractivity contribution in [2.45, 2.75) is 18.9 Å². The maximum Gasteiger partial charge on any atom is 0.310 e. The molecule has 70 valence electrons. The van der Waals surface area contributed by atoms with Crippen LogP contribution in [0.1, 0.15) is 12.8 Å². The third-order valence-electron chi connectivity index (χ3n) is 2.91. The van der Waals surface area contributed by atoms with Crippen LogP contribution in [0, 0.1) is 11.8 Å². The van der Waals surface area contributed by atoms with Gasteiger partial charge in [0.05, 0.1) is 13.0 Å². The average Bonchev–Trinajstić information content (AvgIpc) is 2.61. The van der Waals surface area contributed by atoms with Crippen molar-refractivity contribution in [1.82, 2.24) is 5.32 Å². The van der Waals surface area contributed by atoms with E-state index in [0.717, 1.165) is 13.0 Å². The van der Waals surface area contributed by atoms with Crippen molar-refractivity contribution in [3.8, 4) is 0 Å². The summed E-state index contributed by atoms with van der Waals surface area (Å²) in [6.07, 6.45) is 2.34. The fourth-order valence-corrected chi connectivity index (χ4v) is 2.33. The number of rotatable bonds is 1. The van der Waals surface area contributed by atoms with Crippen molar-refractivity contribution in [2.24, 2.45) is 11.8 Å². The number of esters is 1. The van der Waals surface area contributed by atoms with Crippen molar-refractivity contribution < 1.29 is 9.53 Å². The first-order valence-corrected chi connectivity index (χ1v) is 4.14. The number of carbonyl (C=O) groups excluding carboxylic acids is 1. The van der Waals surface area contributed by atoms with Crippen molar-refractivity contribution in [3.05, 3.63) is 0 Å². The topological polar surface area (TPSA) is 38.3 Å². The van der Waals surface area contributed by atoms with Crippen molar-refractivity contribution in [3.63, 3.8) is 0 Å². The lowest BCUT2D eigenvalue weighted by atomic mass is 9.99. The number of halogens is 1. The summed E-state index contributed by atoms with van der Waals surface area (Å²) in [5.74, 6) is 0.676. The summed E-state index contributed by atoms with van der Waals surface area (Å²) in [4.78, 5) is 11.2. The van der Waals surface area contributed by atoms with E-state index in [2.05, 4.69) is 5.32 Å². The van der Waals surface area contributed by atoms with Gasteiger partial charge >= 0.3 is 5.97 Å². The van der Waals surface area contributed by atoms with Crippen molar-refractivity contribution in [1.29, 1.82) is 0 Å². The third kappa shape index (κ3) is 1.31. The second-order valence-electron chi connectivity index (χ2n) is 3.40. The van der Waals surface area contributed by atoms with Crippen LogP contribution in [0.25, 0.3) is 0 Å². The van der Waals surface area contributed by atoms with Gasteiger partial charge in [0.1, 0.15) is 0 Å². The highest BCUT2D eigenvalue weighted by Gasteiger charge is 2.46. The van der Waals surface area contributed by atoms with Gasteiger partial charge in [-0.05, 0) is 25.3 Å². The highest BCUT2D eigenvalue weighted by Crippen LogP contribution is 2.37. The van der Waals surface area contributed by atoms with Crippen LogP contribution in [-0.4, -0.2) is 25.7 Å². The normalized spacial score (nSPS) is 37.6. The molecule has 0 spiro atoms. The van der Waals surface area contributed by atoms with Crippen LogP contribution in [0.15, 0.2) is 0 Å². The summed E-state index contributed by atoms with van der Waals surface area (Å²) in [6, 6.07) is 0.410. The number of ether oxygens (including phenoxy) is 1. The Bertz CT molecular complexity index is 166. The van der Waals surface area contributed by atoms with Crippen LogP contribution in [0.5, 0.6) is 0 Å². The SMILES string of the molecule is COC(=O)[C@@H]1[C@@H]2CC[C@H]1NC2.Cl. The second kappa shape index (κ2) is 3.62. The van der Waals surface area contributed by atoms with E-state index in [0.29, 0.717) is 12.0 Å². The molecule has 2 fully saturated rings. The summed E-state index contributed by atoms with van der Waals surface area (Å²) < 4.78 is 4.74. The fraction of sp³-hybridized carbons (Fsp3) is 0.875. The lowest BCUT2D eigenvalue weighted by Gasteiger charge is -2.10. The largest absolute Gasteiger partial charge is 0.469 e. The Morgan fingerprint density at radius 3 is 2.58 bits per heavy atom. The van der Waals surface area contributed by atoms with Crippen LogP contribution in [0.3, 0.4) is 0 Å². The van der Waals surface area contributed by atoms with Gasteiger partial charge in [-0.1, -0.05) is 0 Å². The van der Waals surface area contributed by atoms with Crippen molar-refractivity contribution in [2.75, 3.05) is 13.7 Å². The highest BCUT2D eigenvalue weighted by atomic mass is 35.5. The molecule has 1 aliphatic carbocycles. The Kier molecular flexibility index (Phi) is 2.96. The zero-order chi connectivity index (χ0) is 7.84. The third-order valence-corrected chi connectivity index (χ3v) is 2.91. The van der Waals surface area contributed by atoms with E-state index in [4.69, 9.17) is 4.74 Å². The molecule has 0 radical (unpaired) electrons. The molecule has 3 atom stereocenters. The van der Waals surface area contributed by atoms with Crippen LogP contribution >= 0.6 is 12.4 Å². The van der Waals surface area contributed by atoms with E-state index in [1.165, 1.54) is 13.5 Å². The van der Waals surface area contributed by atoms with Gasteiger partial charge in [0.2, 0.25) is 0 Å². The van der Waals surface area contributed by atoms with Crippen LogP contribution in [0.2, 0.25) is 0 Å². The molecule has 12 heavy (non-hydrogen) atoms. The minimum Gasteiger partial charge on any atom is -0.469 e. The van der Waals surface area contributed by atoms with Crippen LogP contribution in [0.4, 0.5) is 0 Å². The molecule has 2 bridgehead atoms. The first-order valence-electron chi connectivity index (χ1n) is 4.14. The molecule has 0 aromatic rings. The van der Waals surface area contributed by atoms with E-state index >= 15 is 0 Å². The predicted octanol–water partition coefficient (Wildman–Crippen LogP) is 0.579. The molecular weight excluding hydrogens is 178 g/mol. The molecule has 1 aliphatic heterocycles. The zero-order valence-electron chi connectivity index (χ0n) is 7.08. The van der Waals surface area contributed by atoms with Gasteiger partial charge in [-0.3, -0.25) is 4.79 Å². The number of carbonyl (C=O) groups is 1. The Balaban J connectivity index is 0.000000720. The van der Waals surface area contributed by atoms with E-state index in [1.54, 1.807) is 0 Å². The van der Waals surface area contributed by atoms with Gasteiger partial charge < -0.3 is 10.1 Å². The van der Waals surface area contributed by atoms with E-state index < -0.39 is 0 Å². The van der Waals surface area contributed by atoms with Gasteiger partial charge in [-0.15, -0.1) is 12.4 Å². The van der Waals surface area contributed by atoms with Gasteiger partial charge in [0.15, 0.2) is 0 Å². The summed E-state index contributed by atoms with van der Waals surface area (Å²) in [5.41, 5.74) is 0. The molecular formula is C8H14ClNO2. The molecule has 1 saturated carbocycles. The Hall–Kier alpha value is -0.280. The quantitative estimate of drug-likeness (QED) is 0.617. The molecule has 0 amide bonds. The smallest absolute Gasteiger partial charge is 0.310 e. The van der Waals surface area contributed by atoms with Gasteiger partial charge in [0, 0.05) is 6.04 Å². The summed E-state index contributed by atoms with van der Waals surface area (Å²) >= 11 is 0. The lowest BCUT2D eigenvalue weighted by Crippen LogP contribution is -2.29. The Labute approximate surface area is 78.3 Å². The van der Waals surface area contributed by atoms with Gasteiger partial charge in [0.25, 0.3) is 0 Å². The minimum absolute atomic E-state index is 0. The Morgan fingerprint density at radius 2 is 2.25 bits per heavy atom. The maximum atomic E-state index is 11.2. The lowest BCUT2D eigenvalue weighted by molar-refractivity contribution is -0.146. The van der Waals surface area contributed by atoms with Crippen molar-refractivity contribution >= 4 is 18.4 Å². The van der Waals surface area contributed by atoms with Gasteiger partial charge in [-0.2, -0.15) is 0 Å². The zero-order valence-corrected chi connectivity index (χ0v) is 7.89. The molecule has 3 nitrogen and oxygen atoms in total. The summed E-state index contributed by atoms with van der Waals surface area (Å²) in [5, 5.41) is 3.32. The predicted molar refractivity (Wildman–Crippen MR) is 47.3 cm³/mol. The number of nitrogens with one attached hydrogen (secondary N) is 1. The number of fused-ring (bicyclic) bond motifs is 2. The van der Waals surface area contributed by atoms with E-state index in [-0.39, 0.29) is 24.3 Å². The molecule has 0 aromatic heterocycles. The number of methoxy groups -OCH3 is 1. The van der Waals surface area contributed by atoms with Crippen LogP contribution < -0.4 is 5.32 Å². The van der Waals surface area contributed by atoms with E-state index in [1.807, 2.05) is 0 Å². The first-order chi connectivity index (χ1) is 5.33. The molecule has 1 heterocycles. The second-order valence-corrected chi connectivity index (χ2v) is 3.40. The standard InChI is InChI=1S/C8H13NO2.ClH/c1-11-8(10)7-5-2-3-6(7)9-4-5;/h5-7,9H,2-4H2,1H3;1H/t5-,6-,7-;/m1./s1. The number of hydrogen-bond donors (Lipinski definition) is 1. The summed E-state index contributed by atoms with van der Waals surface area (Å²) in [6.45, 7) is 1.00. The first kappa shape index (κ1) is 9.81. The minimum atomic E-state index is -0.0255. The fourth-order valence-electron chi connectivity index (χ4n) is 2.33. The molecule has 0 aromatic carbocycles. The molecule has 2 aliphatic rings. The Morgan fingerprint density at radius 1 is 1.50 bits per heavy atom. The highest BCUT2D eigenvalue weighted by molar-refractivity contribution is 5.85. The molecule has 2 rings (SSSR count). The molecule has 1 N–H and O–H groups in total. The molecule has 0 unspecified atom stereocenters. The monoisotopic (exact) mass is 191 g/mol. The maximum absolute atomic E-state index is 11.2. The molecule has 4 heteroatoms. The summed E-state index contributed by atoms with van der Waals surface area (Å²) in [7, 11) is 1.47. The van der Waals surface area contributed by atoms with E-state index in [9.17, 15) is 4.79 Å². The average molecular weight is 192 g/mol. The number of hydrogen-bond acceptors (Lipinski definition) is 3.